The summed E-state index contributed by atoms with van der Waals surface area (Å²) in [5, 5.41) is 0. The summed E-state index contributed by atoms with van der Waals surface area (Å²) in [7, 11) is -1.90. The molecule has 0 aromatic heterocycles. The Labute approximate surface area is 114 Å². The van der Waals surface area contributed by atoms with Crippen molar-refractivity contribution in [1.82, 2.24) is 9.03 Å². The molecule has 0 aliphatic heterocycles. The van der Waals surface area contributed by atoms with Gasteiger partial charge in [0.1, 0.15) is 5.75 Å². The molecular formula is C12H21N3O3S. The minimum Gasteiger partial charge on any atom is -0.495 e. The van der Waals surface area contributed by atoms with Crippen LogP contribution in [0.4, 0.5) is 5.69 Å². The summed E-state index contributed by atoms with van der Waals surface area (Å²) in [5.41, 5.74) is 7.04. The summed E-state index contributed by atoms with van der Waals surface area (Å²) in [6, 6.07) is 5.19. The van der Waals surface area contributed by atoms with Crippen LogP contribution in [0.2, 0.25) is 0 Å². The van der Waals surface area contributed by atoms with Crippen LogP contribution in [0.3, 0.4) is 0 Å². The molecule has 3 N–H and O–H groups in total. The van der Waals surface area contributed by atoms with Gasteiger partial charge in [-0.3, -0.25) is 0 Å². The van der Waals surface area contributed by atoms with E-state index in [0.717, 1.165) is 5.56 Å². The van der Waals surface area contributed by atoms with Crippen LogP contribution in [0.25, 0.3) is 0 Å². The lowest BCUT2D eigenvalue weighted by atomic mass is 10.2. The molecule has 0 amide bonds. The first-order valence-corrected chi connectivity index (χ1v) is 7.55. The lowest BCUT2D eigenvalue weighted by Crippen LogP contribution is -2.40. The zero-order valence-corrected chi connectivity index (χ0v) is 12.3. The van der Waals surface area contributed by atoms with Crippen molar-refractivity contribution in [2.45, 2.75) is 20.4 Å². The Bertz CT molecular complexity index is 513. The first-order chi connectivity index (χ1) is 8.94. The molecule has 0 unspecified atom stereocenters. The van der Waals surface area contributed by atoms with Gasteiger partial charge in [-0.15, -0.1) is 0 Å². The van der Waals surface area contributed by atoms with E-state index in [1.54, 1.807) is 32.0 Å². The Hall–Kier alpha value is -1.31. The lowest BCUT2D eigenvalue weighted by molar-refractivity contribution is 0.417. The molecule has 1 aromatic rings. The second-order valence-corrected chi connectivity index (χ2v) is 5.74. The second kappa shape index (κ2) is 6.74. The van der Waals surface area contributed by atoms with Gasteiger partial charge in [0, 0.05) is 19.6 Å². The van der Waals surface area contributed by atoms with E-state index in [-0.39, 0.29) is 6.54 Å². The fraction of sp³-hybridized carbons (Fsp3) is 0.500. The molecule has 0 aliphatic carbocycles. The Morgan fingerprint density at radius 3 is 2.42 bits per heavy atom. The van der Waals surface area contributed by atoms with E-state index in [4.69, 9.17) is 10.5 Å². The van der Waals surface area contributed by atoms with E-state index in [2.05, 4.69) is 4.72 Å². The van der Waals surface area contributed by atoms with Gasteiger partial charge in [-0.1, -0.05) is 19.9 Å². The number of nitrogens with zero attached hydrogens (tertiary/aromatic N) is 1. The van der Waals surface area contributed by atoms with Crippen molar-refractivity contribution < 1.29 is 13.2 Å². The predicted octanol–water partition coefficient (Wildman–Crippen LogP) is 0.954. The van der Waals surface area contributed by atoms with Crippen LogP contribution in [-0.4, -0.2) is 32.9 Å². The fourth-order valence-corrected chi connectivity index (χ4v) is 2.93. The molecule has 0 bridgehead atoms. The van der Waals surface area contributed by atoms with Crippen LogP contribution in [0, 0.1) is 0 Å². The van der Waals surface area contributed by atoms with Gasteiger partial charge >= 0.3 is 0 Å². The SMILES string of the molecule is CCN(CC)S(=O)(=O)NCc1ccc(OC)c(N)c1. The van der Waals surface area contributed by atoms with Gasteiger partial charge in [0.05, 0.1) is 12.8 Å². The Morgan fingerprint density at radius 1 is 1.32 bits per heavy atom. The third kappa shape index (κ3) is 4.09. The lowest BCUT2D eigenvalue weighted by Gasteiger charge is -2.19. The quantitative estimate of drug-likeness (QED) is 0.731. The molecule has 1 rings (SSSR count). The maximum atomic E-state index is 11.9. The van der Waals surface area contributed by atoms with Gasteiger partial charge in [-0.2, -0.15) is 17.4 Å². The average molecular weight is 287 g/mol. The van der Waals surface area contributed by atoms with Crippen LogP contribution in [0.5, 0.6) is 5.75 Å². The van der Waals surface area contributed by atoms with E-state index in [1.807, 2.05) is 0 Å². The predicted molar refractivity (Wildman–Crippen MR) is 76.1 cm³/mol. The second-order valence-electron chi connectivity index (χ2n) is 3.99. The highest BCUT2D eigenvalue weighted by molar-refractivity contribution is 7.87. The van der Waals surface area contributed by atoms with Crippen LogP contribution in [0.15, 0.2) is 18.2 Å². The smallest absolute Gasteiger partial charge is 0.279 e. The zero-order chi connectivity index (χ0) is 14.5. The highest BCUT2D eigenvalue weighted by Crippen LogP contribution is 2.21. The average Bonchev–Trinajstić information content (AvgIpc) is 2.38. The monoisotopic (exact) mass is 287 g/mol. The summed E-state index contributed by atoms with van der Waals surface area (Å²) in [6.45, 7) is 4.68. The Kier molecular flexibility index (Phi) is 5.59. The normalized spacial score (nSPS) is 11.8. The topological polar surface area (TPSA) is 84.7 Å². The molecule has 0 aliphatic rings. The highest BCUT2D eigenvalue weighted by Gasteiger charge is 2.17. The third-order valence-electron chi connectivity index (χ3n) is 2.80. The number of nitrogen functional groups attached to an aromatic ring is 1. The molecule has 0 saturated carbocycles. The van der Waals surface area contributed by atoms with E-state index in [1.165, 1.54) is 11.4 Å². The van der Waals surface area contributed by atoms with E-state index in [9.17, 15) is 8.42 Å². The number of nitrogens with two attached hydrogens (primary N) is 1. The minimum atomic E-state index is -3.44. The number of rotatable bonds is 7. The molecular weight excluding hydrogens is 266 g/mol. The van der Waals surface area contributed by atoms with Crippen LogP contribution >= 0.6 is 0 Å². The van der Waals surface area contributed by atoms with Crippen LogP contribution in [0.1, 0.15) is 19.4 Å². The molecule has 108 valence electrons. The van der Waals surface area contributed by atoms with Crippen molar-refractivity contribution in [3.63, 3.8) is 0 Å². The number of hydrogen-bond donors (Lipinski definition) is 2. The summed E-state index contributed by atoms with van der Waals surface area (Å²) < 4.78 is 32.8. The number of methoxy groups -OCH3 is 1. The van der Waals surface area contributed by atoms with Gasteiger partial charge < -0.3 is 10.5 Å². The highest BCUT2D eigenvalue weighted by atomic mass is 32.2. The molecule has 0 saturated heterocycles. The van der Waals surface area contributed by atoms with E-state index < -0.39 is 10.2 Å². The Morgan fingerprint density at radius 2 is 1.95 bits per heavy atom. The van der Waals surface area contributed by atoms with Crippen LogP contribution in [-0.2, 0) is 16.8 Å². The summed E-state index contributed by atoms with van der Waals surface area (Å²) in [5.74, 6) is 0.579. The van der Waals surface area contributed by atoms with Gasteiger partial charge in [0.15, 0.2) is 0 Å². The van der Waals surface area contributed by atoms with Gasteiger partial charge in [-0.25, -0.2) is 0 Å². The summed E-state index contributed by atoms with van der Waals surface area (Å²) in [6.07, 6.45) is 0. The first-order valence-electron chi connectivity index (χ1n) is 6.11. The molecule has 19 heavy (non-hydrogen) atoms. The number of benzene rings is 1. The third-order valence-corrected chi connectivity index (χ3v) is 4.50. The van der Waals surface area contributed by atoms with Crippen molar-refractivity contribution >= 4 is 15.9 Å². The maximum absolute atomic E-state index is 11.9. The standard InChI is InChI=1S/C12H21N3O3S/c1-4-15(5-2)19(16,17)14-9-10-6-7-12(18-3)11(13)8-10/h6-8,14H,4-5,9,13H2,1-3H3. The first kappa shape index (κ1) is 15.7. The molecule has 1 aromatic carbocycles. The van der Waals surface area contributed by atoms with Gasteiger partial charge in [0.25, 0.3) is 10.2 Å². The molecule has 6 nitrogen and oxygen atoms in total. The maximum Gasteiger partial charge on any atom is 0.279 e. The van der Waals surface area contributed by atoms with Crippen molar-refractivity contribution in [3.8, 4) is 5.75 Å². The molecule has 7 heteroatoms. The molecule has 0 fully saturated rings. The number of anilines is 1. The summed E-state index contributed by atoms with van der Waals surface area (Å²) in [4.78, 5) is 0. The van der Waals surface area contributed by atoms with Gasteiger partial charge in [-0.05, 0) is 17.7 Å². The van der Waals surface area contributed by atoms with Crippen LogP contribution < -0.4 is 15.2 Å². The number of ether oxygens (including phenoxy) is 1. The van der Waals surface area contributed by atoms with Crippen molar-refractivity contribution in [2.24, 2.45) is 0 Å². The van der Waals surface area contributed by atoms with Crippen molar-refractivity contribution in [3.05, 3.63) is 23.8 Å². The zero-order valence-electron chi connectivity index (χ0n) is 11.5. The van der Waals surface area contributed by atoms with Crippen molar-refractivity contribution in [1.29, 1.82) is 0 Å². The fourth-order valence-electron chi connectivity index (χ4n) is 1.72. The largest absolute Gasteiger partial charge is 0.495 e. The molecule has 0 atom stereocenters. The summed E-state index contributed by atoms with van der Waals surface area (Å²) >= 11 is 0. The molecule has 0 heterocycles. The molecule has 0 spiro atoms. The van der Waals surface area contributed by atoms with E-state index >= 15 is 0 Å². The molecule has 0 radical (unpaired) electrons. The minimum absolute atomic E-state index is 0.201. The van der Waals surface area contributed by atoms with E-state index in [0.29, 0.717) is 24.5 Å². The number of nitrogens with one attached hydrogen (secondary N) is 1. The Balaban J connectivity index is 2.74. The number of hydrogen-bond acceptors (Lipinski definition) is 4. The van der Waals surface area contributed by atoms with Crippen molar-refractivity contribution in [2.75, 3.05) is 25.9 Å². The van der Waals surface area contributed by atoms with Gasteiger partial charge in [0.2, 0.25) is 0 Å².